The lowest BCUT2D eigenvalue weighted by Crippen LogP contribution is -2.33. The van der Waals surface area contributed by atoms with E-state index in [1.165, 1.54) is 0 Å². The molecule has 2 atom stereocenters. The largest absolute Gasteiger partial charge is 0.384 e. The lowest BCUT2D eigenvalue weighted by Gasteiger charge is -2.24. The normalized spacial score (nSPS) is 25.4. The van der Waals surface area contributed by atoms with Gasteiger partial charge >= 0.3 is 0 Å². The second-order valence-corrected chi connectivity index (χ2v) is 3.42. The summed E-state index contributed by atoms with van der Waals surface area (Å²) >= 11 is 0. The van der Waals surface area contributed by atoms with Crippen molar-refractivity contribution in [2.45, 2.75) is 19.0 Å². The summed E-state index contributed by atoms with van der Waals surface area (Å²) in [4.78, 5) is 0. The number of hydrogen-bond acceptors (Lipinski definition) is 3. The number of aliphatic hydroxyl groups excluding tert-OH is 1. The summed E-state index contributed by atoms with van der Waals surface area (Å²) in [6.07, 6.45) is 2.27. The third kappa shape index (κ3) is 2.89. The topological polar surface area (TPSA) is 38.7 Å². The summed E-state index contributed by atoms with van der Waals surface area (Å²) in [6.45, 7) is 0.951. The first kappa shape index (κ1) is 10.4. The fourth-order valence-electron chi connectivity index (χ4n) is 1.43. The van der Waals surface area contributed by atoms with Gasteiger partial charge in [-0.25, -0.2) is 0 Å². The van der Waals surface area contributed by atoms with Gasteiger partial charge < -0.3 is 14.6 Å². The van der Waals surface area contributed by atoms with Crippen molar-refractivity contribution in [3.8, 4) is 0 Å². The molecule has 0 saturated carbocycles. The molecule has 0 amide bonds. The number of aliphatic hydroxyl groups is 1. The monoisotopic (exact) mass is 206 g/mol. The van der Waals surface area contributed by atoms with Crippen molar-refractivity contribution in [2.75, 3.05) is 6.61 Å². The first-order chi connectivity index (χ1) is 7.36. The van der Waals surface area contributed by atoms with Crippen LogP contribution in [0, 0.1) is 0 Å². The van der Waals surface area contributed by atoms with Crippen molar-refractivity contribution in [2.24, 2.45) is 0 Å². The smallest absolute Gasteiger partial charge is 0.187 e. The van der Waals surface area contributed by atoms with Gasteiger partial charge in [0.15, 0.2) is 6.29 Å². The minimum absolute atomic E-state index is 0.455. The fourth-order valence-corrected chi connectivity index (χ4v) is 1.43. The van der Waals surface area contributed by atoms with E-state index in [0.29, 0.717) is 13.2 Å². The van der Waals surface area contributed by atoms with Gasteiger partial charge in [0.1, 0.15) is 6.10 Å². The Morgan fingerprint density at radius 2 is 2.13 bits per heavy atom. The van der Waals surface area contributed by atoms with Crippen molar-refractivity contribution in [1.29, 1.82) is 0 Å². The molecule has 0 aliphatic carbocycles. The van der Waals surface area contributed by atoms with E-state index in [9.17, 15) is 5.11 Å². The van der Waals surface area contributed by atoms with Gasteiger partial charge in [-0.3, -0.25) is 0 Å². The van der Waals surface area contributed by atoms with E-state index in [1.807, 2.05) is 30.3 Å². The highest BCUT2D eigenvalue weighted by molar-refractivity contribution is 5.13. The first-order valence-corrected chi connectivity index (χ1v) is 4.98. The molecule has 0 unspecified atom stereocenters. The fraction of sp³-hybridized carbons (Fsp3) is 0.333. The SMILES string of the molecule is O[C@@H]1C=CCO[C@@H]1OCc1ccccc1. The summed E-state index contributed by atoms with van der Waals surface area (Å²) in [5.41, 5.74) is 1.07. The number of benzene rings is 1. The third-order valence-electron chi connectivity index (χ3n) is 2.23. The maximum absolute atomic E-state index is 9.51. The Morgan fingerprint density at radius 3 is 2.87 bits per heavy atom. The Balaban J connectivity index is 1.85. The van der Waals surface area contributed by atoms with E-state index in [1.54, 1.807) is 12.2 Å². The highest BCUT2D eigenvalue weighted by atomic mass is 16.7. The van der Waals surface area contributed by atoms with Gasteiger partial charge in [0, 0.05) is 0 Å². The molecule has 1 aromatic carbocycles. The van der Waals surface area contributed by atoms with Crippen molar-refractivity contribution < 1.29 is 14.6 Å². The molecule has 0 spiro atoms. The molecular formula is C12H14O3. The quantitative estimate of drug-likeness (QED) is 0.761. The van der Waals surface area contributed by atoms with E-state index in [4.69, 9.17) is 9.47 Å². The molecule has 2 rings (SSSR count). The standard InChI is InChI=1S/C12H14O3/c13-11-7-4-8-14-12(11)15-9-10-5-2-1-3-6-10/h1-7,11-13H,8-9H2/t11-,12-/m1/s1. The molecule has 1 aliphatic rings. The van der Waals surface area contributed by atoms with E-state index < -0.39 is 12.4 Å². The zero-order chi connectivity index (χ0) is 10.5. The van der Waals surface area contributed by atoms with Crippen LogP contribution in [0.1, 0.15) is 5.56 Å². The molecule has 1 heterocycles. The predicted octanol–water partition coefficient (Wildman–Crippen LogP) is 1.48. The molecule has 3 heteroatoms. The zero-order valence-electron chi connectivity index (χ0n) is 8.37. The molecule has 1 aliphatic heterocycles. The molecule has 3 nitrogen and oxygen atoms in total. The van der Waals surface area contributed by atoms with Crippen LogP contribution in [0.4, 0.5) is 0 Å². The predicted molar refractivity (Wildman–Crippen MR) is 56.1 cm³/mol. The third-order valence-corrected chi connectivity index (χ3v) is 2.23. The van der Waals surface area contributed by atoms with Crippen LogP contribution < -0.4 is 0 Å². The Labute approximate surface area is 88.9 Å². The van der Waals surface area contributed by atoms with Crippen LogP contribution in [0.25, 0.3) is 0 Å². The van der Waals surface area contributed by atoms with E-state index in [2.05, 4.69) is 0 Å². The summed E-state index contributed by atoms with van der Waals surface area (Å²) in [7, 11) is 0. The minimum atomic E-state index is -0.664. The Morgan fingerprint density at radius 1 is 1.33 bits per heavy atom. The van der Waals surface area contributed by atoms with E-state index in [-0.39, 0.29) is 0 Å². The number of hydrogen-bond donors (Lipinski definition) is 1. The maximum Gasteiger partial charge on any atom is 0.187 e. The summed E-state index contributed by atoms with van der Waals surface area (Å²) in [5.74, 6) is 0. The van der Waals surface area contributed by atoms with Gasteiger partial charge in [-0.1, -0.05) is 42.5 Å². The van der Waals surface area contributed by atoms with E-state index in [0.717, 1.165) is 5.56 Å². The first-order valence-electron chi connectivity index (χ1n) is 4.98. The zero-order valence-corrected chi connectivity index (χ0v) is 8.37. The molecule has 0 bridgehead atoms. The maximum atomic E-state index is 9.51. The Bertz CT molecular complexity index is 321. The molecular weight excluding hydrogens is 192 g/mol. The van der Waals surface area contributed by atoms with Gasteiger partial charge in [-0.2, -0.15) is 0 Å². The van der Waals surface area contributed by atoms with Crippen LogP contribution >= 0.6 is 0 Å². The van der Waals surface area contributed by atoms with Gasteiger partial charge in [-0.15, -0.1) is 0 Å². The number of rotatable bonds is 3. The lowest BCUT2D eigenvalue weighted by molar-refractivity contribution is -0.188. The molecule has 15 heavy (non-hydrogen) atoms. The average Bonchev–Trinajstić information content (AvgIpc) is 2.29. The van der Waals surface area contributed by atoms with Crippen molar-refractivity contribution in [3.63, 3.8) is 0 Å². The van der Waals surface area contributed by atoms with Gasteiger partial charge in [-0.05, 0) is 5.56 Å². The molecule has 80 valence electrons. The minimum Gasteiger partial charge on any atom is -0.384 e. The average molecular weight is 206 g/mol. The molecule has 0 aromatic heterocycles. The highest BCUT2D eigenvalue weighted by Crippen LogP contribution is 2.11. The van der Waals surface area contributed by atoms with Gasteiger partial charge in [0.05, 0.1) is 13.2 Å². The summed E-state index contributed by atoms with van der Waals surface area (Å²) in [5, 5.41) is 9.51. The Kier molecular flexibility index (Phi) is 3.50. The van der Waals surface area contributed by atoms with Crippen LogP contribution in [-0.2, 0) is 16.1 Å². The van der Waals surface area contributed by atoms with Gasteiger partial charge in [0.25, 0.3) is 0 Å². The molecule has 0 fully saturated rings. The summed E-state index contributed by atoms with van der Waals surface area (Å²) < 4.78 is 10.7. The molecule has 1 aromatic rings. The highest BCUT2D eigenvalue weighted by Gasteiger charge is 2.20. The van der Waals surface area contributed by atoms with Crippen molar-refractivity contribution in [1.82, 2.24) is 0 Å². The Hall–Kier alpha value is -1.16. The lowest BCUT2D eigenvalue weighted by atomic mass is 10.2. The molecule has 0 saturated heterocycles. The molecule has 0 radical (unpaired) electrons. The van der Waals surface area contributed by atoms with Crippen LogP contribution in [0.5, 0.6) is 0 Å². The van der Waals surface area contributed by atoms with Crippen molar-refractivity contribution in [3.05, 3.63) is 48.0 Å². The second kappa shape index (κ2) is 5.07. The van der Waals surface area contributed by atoms with Gasteiger partial charge in [0.2, 0.25) is 0 Å². The van der Waals surface area contributed by atoms with Crippen LogP contribution in [0.3, 0.4) is 0 Å². The molecule has 1 N–H and O–H groups in total. The van der Waals surface area contributed by atoms with Crippen LogP contribution in [-0.4, -0.2) is 24.1 Å². The van der Waals surface area contributed by atoms with Crippen LogP contribution in [0.2, 0.25) is 0 Å². The van der Waals surface area contributed by atoms with E-state index >= 15 is 0 Å². The van der Waals surface area contributed by atoms with Crippen LogP contribution in [0.15, 0.2) is 42.5 Å². The summed E-state index contributed by atoms with van der Waals surface area (Å²) in [6, 6.07) is 9.82. The van der Waals surface area contributed by atoms with Crippen molar-refractivity contribution >= 4 is 0 Å². The number of ether oxygens (including phenoxy) is 2. The second-order valence-electron chi connectivity index (χ2n) is 3.42.